The second-order valence-corrected chi connectivity index (χ2v) is 8.16. The molecule has 1 spiro atoms. The number of ether oxygens (including phenoxy) is 1. The fourth-order valence-corrected chi connectivity index (χ4v) is 4.88. The van der Waals surface area contributed by atoms with E-state index in [2.05, 4.69) is 51.8 Å². The molecule has 2 fully saturated rings. The van der Waals surface area contributed by atoms with Crippen molar-refractivity contribution in [3.8, 4) is 5.75 Å². The monoisotopic (exact) mass is 356 g/mol. The van der Waals surface area contributed by atoms with Crippen LogP contribution in [-0.4, -0.2) is 49.7 Å². The van der Waals surface area contributed by atoms with Crippen LogP contribution in [-0.2, 0) is 0 Å². The van der Waals surface area contributed by atoms with Crippen LogP contribution in [0.3, 0.4) is 0 Å². The summed E-state index contributed by atoms with van der Waals surface area (Å²) in [6.45, 7) is 2.15. The Morgan fingerprint density at radius 1 is 1.27 bits per heavy atom. The molecule has 5 nitrogen and oxygen atoms in total. The van der Waals surface area contributed by atoms with Crippen LogP contribution in [0.4, 0.5) is 0 Å². The van der Waals surface area contributed by atoms with Gasteiger partial charge in [-0.15, -0.1) is 0 Å². The van der Waals surface area contributed by atoms with Crippen LogP contribution in [0.1, 0.15) is 56.6 Å². The fraction of sp³-hybridized carbons (Fsp3) is 0.667. The molecule has 1 aromatic rings. The predicted octanol–water partition coefficient (Wildman–Crippen LogP) is 3.08. The van der Waals surface area contributed by atoms with E-state index in [9.17, 15) is 0 Å². The van der Waals surface area contributed by atoms with Gasteiger partial charge in [0.25, 0.3) is 0 Å². The summed E-state index contributed by atoms with van der Waals surface area (Å²) in [5.41, 5.74) is 1.27. The molecule has 0 amide bonds. The predicted molar refractivity (Wildman–Crippen MR) is 106 cm³/mol. The zero-order chi connectivity index (χ0) is 18.0. The molecule has 2 heterocycles. The summed E-state index contributed by atoms with van der Waals surface area (Å²) in [5.74, 6) is 1.95. The zero-order valence-electron chi connectivity index (χ0n) is 16.1. The maximum atomic E-state index is 6.47. The molecule has 26 heavy (non-hydrogen) atoms. The molecule has 2 unspecified atom stereocenters. The molecule has 2 aliphatic heterocycles. The van der Waals surface area contributed by atoms with Crippen LogP contribution in [0, 0.1) is 0 Å². The highest BCUT2D eigenvalue weighted by Crippen LogP contribution is 2.46. The van der Waals surface area contributed by atoms with Gasteiger partial charge in [-0.1, -0.05) is 18.2 Å². The normalized spacial score (nSPS) is 28.0. The summed E-state index contributed by atoms with van der Waals surface area (Å²) in [6.07, 6.45) is 8.46. The zero-order valence-corrected chi connectivity index (χ0v) is 16.1. The largest absolute Gasteiger partial charge is 0.487 e. The average molecular weight is 357 g/mol. The lowest BCUT2D eigenvalue weighted by atomic mass is 9.86. The van der Waals surface area contributed by atoms with Gasteiger partial charge in [0.2, 0.25) is 0 Å². The first-order valence-electron chi connectivity index (χ1n) is 10.1. The van der Waals surface area contributed by atoms with Crippen LogP contribution in [0.25, 0.3) is 0 Å². The van der Waals surface area contributed by atoms with Gasteiger partial charge in [0.05, 0.1) is 6.04 Å². The summed E-state index contributed by atoms with van der Waals surface area (Å²) in [7, 11) is 4.08. The summed E-state index contributed by atoms with van der Waals surface area (Å²) in [4.78, 5) is 6.93. The average Bonchev–Trinajstić information content (AvgIpc) is 3.27. The highest BCUT2D eigenvalue weighted by Gasteiger charge is 2.43. The molecule has 0 aromatic heterocycles. The van der Waals surface area contributed by atoms with Gasteiger partial charge in [0.15, 0.2) is 5.96 Å². The molecular weight excluding hydrogens is 324 g/mol. The van der Waals surface area contributed by atoms with E-state index in [1.54, 1.807) is 0 Å². The van der Waals surface area contributed by atoms with Gasteiger partial charge in [0, 0.05) is 31.6 Å². The summed E-state index contributed by atoms with van der Waals surface area (Å²) in [6, 6.07) is 9.35. The van der Waals surface area contributed by atoms with Crippen LogP contribution in [0.15, 0.2) is 29.3 Å². The Labute approximate surface area is 157 Å². The van der Waals surface area contributed by atoms with Crippen molar-refractivity contribution in [2.24, 2.45) is 4.99 Å². The number of likely N-dealkylation sites (N-methyl/N-ethyl adjacent to an activating group) is 1. The molecule has 1 aliphatic carbocycles. The number of likely N-dealkylation sites (tertiary alicyclic amines) is 1. The van der Waals surface area contributed by atoms with E-state index in [-0.39, 0.29) is 11.6 Å². The van der Waals surface area contributed by atoms with E-state index >= 15 is 0 Å². The van der Waals surface area contributed by atoms with Crippen LogP contribution in [0.2, 0.25) is 0 Å². The first kappa shape index (κ1) is 17.7. The van der Waals surface area contributed by atoms with Crippen LogP contribution >= 0.6 is 0 Å². The maximum Gasteiger partial charge on any atom is 0.191 e. The van der Waals surface area contributed by atoms with Crippen LogP contribution in [0.5, 0.6) is 5.75 Å². The quantitative estimate of drug-likeness (QED) is 0.645. The van der Waals surface area contributed by atoms with E-state index in [0.29, 0.717) is 6.04 Å². The fourth-order valence-electron chi connectivity index (χ4n) is 4.88. The Morgan fingerprint density at radius 2 is 2.08 bits per heavy atom. The molecule has 1 aromatic carbocycles. The van der Waals surface area contributed by atoms with E-state index in [4.69, 9.17) is 4.74 Å². The van der Waals surface area contributed by atoms with Gasteiger partial charge < -0.3 is 20.3 Å². The van der Waals surface area contributed by atoms with Gasteiger partial charge >= 0.3 is 0 Å². The number of benzene rings is 1. The van der Waals surface area contributed by atoms with E-state index in [1.165, 1.54) is 50.6 Å². The van der Waals surface area contributed by atoms with Crippen molar-refractivity contribution in [2.75, 3.05) is 27.2 Å². The number of rotatable bonds is 3. The van der Waals surface area contributed by atoms with Crippen molar-refractivity contribution in [3.05, 3.63) is 29.8 Å². The first-order valence-corrected chi connectivity index (χ1v) is 10.1. The minimum atomic E-state index is 0.0105. The number of aliphatic imine (C=N–C) groups is 1. The second kappa shape index (κ2) is 7.47. The summed E-state index contributed by atoms with van der Waals surface area (Å²) >= 11 is 0. The van der Waals surface area contributed by atoms with Crippen molar-refractivity contribution in [3.63, 3.8) is 0 Å². The third kappa shape index (κ3) is 3.54. The molecule has 0 bridgehead atoms. The highest BCUT2D eigenvalue weighted by molar-refractivity contribution is 5.80. The number of hydrogen-bond donors (Lipinski definition) is 2. The van der Waals surface area contributed by atoms with Crippen molar-refractivity contribution >= 4 is 5.96 Å². The number of hydrogen-bond acceptors (Lipinski definition) is 3. The minimum Gasteiger partial charge on any atom is -0.487 e. The number of nitrogens with one attached hydrogen (secondary N) is 2. The lowest BCUT2D eigenvalue weighted by Crippen LogP contribution is -2.48. The molecule has 1 saturated heterocycles. The van der Waals surface area contributed by atoms with Gasteiger partial charge in [0.1, 0.15) is 11.4 Å². The topological polar surface area (TPSA) is 48.9 Å². The van der Waals surface area contributed by atoms with Gasteiger partial charge in [-0.25, -0.2) is 0 Å². The second-order valence-electron chi connectivity index (χ2n) is 8.16. The van der Waals surface area contributed by atoms with Crippen molar-refractivity contribution < 1.29 is 4.74 Å². The Hall–Kier alpha value is -1.75. The molecule has 0 radical (unpaired) electrons. The summed E-state index contributed by atoms with van der Waals surface area (Å²) in [5, 5.41) is 7.25. The van der Waals surface area contributed by atoms with E-state index in [0.717, 1.165) is 24.7 Å². The Kier molecular flexibility index (Phi) is 5.07. The van der Waals surface area contributed by atoms with Gasteiger partial charge in [-0.2, -0.15) is 0 Å². The number of guanidine groups is 1. The smallest absolute Gasteiger partial charge is 0.191 e. The maximum absolute atomic E-state index is 6.47. The lowest BCUT2D eigenvalue weighted by molar-refractivity contribution is 0.0396. The molecule has 4 rings (SSSR count). The third-order valence-electron chi connectivity index (χ3n) is 6.42. The Balaban J connectivity index is 1.46. The molecule has 3 aliphatic rings. The first-order chi connectivity index (χ1) is 12.7. The van der Waals surface area contributed by atoms with Crippen molar-refractivity contribution in [1.29, 1.82) is 0 Å². The molecule has 2 N–H and O–H groups in total. The standard InChI is InChI=1S/C21H32N4O/c1-22-20(23-15-16-8-7-13-25(16)2)24-18-14-21(11-5-6-12-21)26-19-10-4-3-9-17(18)19/h3-4,9-10,16,18H,5-8,11-15H2,1-2H3,(H2,22,23,24). The van der Waals surface area contributed by atoms with Crippen LogP contribution < -0.4 is 15.4 Å². The van der Waals surface area contributed by atoms with E-state index < -0.39 is 0 Å². The molecular formula is C21H32N4O. The van der Waals surface area contributed by atoms with Crippen molar-refractivity contribution in [2.45, 2.75) is 62.6 Å². The molecule has 2 atom stereocenters. The van der Waals surface area contributed by atoms with Crippen molar-refractivity contribution in [1.82, 2.24) is 15.5 Å². The number of para-hydroxylation sites is 1. The molecule has 5 heteroatoms. The molecule has 1 saturated carbocycles. The highest BCUT2D eigenvalue weighted by atomic mass is 16.5. The Morgan fingerprint density at radius 3 is 2.81 bits per heavy atom. The van der Waals surface area contributed by atoms with Gasteiger partial charge in [-0.3, -0.25) is 4.99 Å². The van der Waals surface area contributed by atoms with Gasteiger partial charge in [-0.05, 0) is 58.2 Å². The Bertz CT molecular complexity index is 653. The summed E-state index contributed by atoms with van der Waals surface area (Å²) < 4.78 is 6.47. The third-order valence-corrected chi connectivity index (χ3v) is 6.42. The van der Waals surface area contributed by atoms with E-state index in [1.807, 2.05) is 7.05 Å². The number of fused-ring (bicyclic) bond motifs is 1. The SMILES string of the molecule is CN=C(NCC1CCCN1C)NC1CC2(CCCC2)Oc2ccccc21. The molecule has 142 valence electrons. The minimum absolute atomic E-state index is 0.0105. The lowest BCUT2D eigenvalue weighted by Gasteiger charge is -2.40. The number of nitrogens with zero attached hydrogens (tertiary/aromatic N) is 2.